The number of alkyl halides is 2. The van der Waals surface area contributed by atoms with Gasteiger partial charge in [0, 0.05) is 19.6 Å². The summed E-state index contributed by atoms with van der Waals surface area (Å²) < 4.78 is 36.0. The van der Waals surface area contributed by atoms with E-state index in [1.807, 2.05) is 13.8 Å². The van der Waals surface area contributed by atoms with Gasteiger partial charge in [-0.15, -0.1) is 0 Å². The minimum atomic E-state index is -2.29. The fourth-order valence-electron chi connectivity index (χ4n) is 3.04. The second-order valence-corrected chi connectivity index (χ2v) is 6.51. The van der Waals surface area contributed by atoms with Crippen LogP contribution in [-0.4, -0.2) is 36.7 Å². The lowest BCUT2D eigenvalue weighted by Crippen LogP contribution is -2.47. The monoisotopic (exact) mass is 330 g/mol. The molecule has 1 fully saturated rings. The molecule has 1 heterocycles. The van der Waals surface area contributed by atoms with E-state index < -0.39 is 17.9 Å². The van der Waals surface area contributed by atoms with Crippen LogP contribution in [0.1, 0.15) is 61.5 Å². The molecule has 1 aromatic heterocycles. The normalized spacial score (nSPS) is 25.1. The average molecular weight is 330 g/mol. The number of methoxy groups -OCH3 is 1. The number of aromatic nitrogens is 1. The van der Waals surface area contributed by atoms with Crippen molar-refractivity contribution in [3.63, 3.8) is 0 Å². The second-order valence-electron chi connectivity index (χ2n) is 6.51. The van der Waals surface area contributed by atoms with Gasteiger partial charge in [-0.05, 0) is 31.6 Å². The lowest BCUT2D eigenvalue weighted by Gasteiger charge is -2.39. The molecule has 0 saturated heterocycles. The predicted octanol–water partition coefficient (Wildman–Crippen LogP) is 3.37. The number of hydrogen-bond acceptors (Lipinski definition) is 4. The summed E-state index contributed by atoms with van der Waals surface area (Å²) in [6.07, 6.45) is 0.888. The van der Waals surface area contributed by atoms with E-state index in [0.29, 0.717) is 43.5 Å². The lowest BCUT2D eigenvalue weighted by molar-refractivity contribution is -0.0654. The zero-order valence-electron chi connectivity index (χ0n) is 13.8. The van der Waals surface area contributed by atoms with Crippen LogP contribution in [0.5, 0.6) is 0 Å². The van der Waals surface area contributed by atoms with Gasteiger partial charge in [0.2, 0.25) is 6.43 Å². The van der Waals surface area contributed by atoms with E-state index in [-0.39, 0.29) is 11.8 Å². The highest BCUT2D eigenvalue weighted by atomic mass is 19.3. The molecular weight excluding hydrogens is 306 g/mol. The van der Waals surface area contributed by atoms with Crippen molar-refractivity contribution in [3.8, 4) is 0 Å². The Morgan fingerprint density at radius 3 is 2.65 bits per heavy atom. The van der Waals surface area contributed by atoms with Crippen molar-refractivity contribution < 1.29 is 22.8 Å². The number of carbonyl (C=O) groups is 1. The molecule has 1 aliphatic rings. The zero-order chi connectivity index (χ0) is 17.0. The Morgan fingerprint density at radius 2 is 2.13 bits per heavy atom. The molecule has 0 atom stereocenters. The minimum Gasteiger partial charge on any atom is -0.376 e. The molecule has 1 amide bonds. The third-order valence-corrected chi connectivity index (χ3v) is 4.69. The molecule has 2 rings (SSSR count). The first-order valence-electron chi connectivity index (χ1n) is 7.94. The van der Waals surface area contributed by atoms with E-state index in [1.165, 1.54) is 6.26 Å². The largest absolute Gasteiger partial charge is 0.376 e. The number of nitrogens with one attached hydrogen (secondary N) is 1. The molecule has 1 aromatic rings. The van der Waals surface area contributed by atoms with Crippen molar-refractivity contribution in [2.45, 2.75) is 57.5 Å². The maximum atomic E-state index is 12.8. The maximum Gasteiger partial charge on any atom is 0.256 e. The van der Waals surface area contributed by atoms with Gasteiger partial charge in [0.25, 0.3) is 5.91 Å². The summed E-state index contributed by atoms with van der Waals surface area (Å²) in [6, 6.07) is 0. The van der Waals surface area contributed by atoms with Crippen molar-refractivity contribution in [3.05, 3.63) is 17.5 Å². The molecule has 1 aliphatic carbocycles. The summed E-state index contributed by atoms with van der Waals surface area (Å²) in [6.45, 7) is 4.15. The van der Waals surface area contributed by atoms with Crippen molar-refractivity contribution in [1.82, 2.24) is 10.5 Å². The highest BCUT2D eigenvalue weighted by Crippen LogP contribution is 2.37. The van der Waals surface area contributed by atoms with Crippen LogP contribution in [0.15, 0.2) is 10.8 Å². The smallest absolute Gasteiger partial charge is 0.256 e. The number of amides is 1. The Bertz CT molecular complexity index is 523. The number of halogens is 2. The predicted molar refractivity (Wildman–Crippen MR) is 80.6 cm³/mol. The molecular formula is C16H24F2N2O3. The fourth-order valence-corrected chi connectivity index (χ4v) is 3.04. The molecule has 5 nitrogen and oxygen atoms in total. The first-order valence-corrected chi connectivity index (χ1v) is 7.94. The van der Waals surface area contributed by atoms with Gasteiger partial charge in [0.05, 0.1) is 11.3 Å². The molecule has 1 N–H and O–H groups in total. The molecule has 0 spiro atoms. The van der Waals surface area contributed by atoms with Crippen LogP contribution in [0, 0.1) is 5.92 Å². The van der Waals surface area contributed by atoms with E-state index in [1.54, 1.807) is 7.11 Å². The number of ether oxygens (including phenoxy) is 1. The molecule has 0 aromatic carbocycles. The van der Waals surface area contributed by atoms with Crippen LogP contribution < -0.4 is 5.32 Å². The Labute approximate surface area is 134 Å². The van der Waals surface area contributed by atoms with Gasteiger partial charge in [-0.3, -0.25) is 4.79 Å². The van der Waals surface area contributed by atoms with Crippen LogP contribution in [-0.2, 0) is 4.74 Å². The summed E-state index contributed by atoms with van der Waals surface area (Å²) in [5.74, 6) is -0.769. The van der Waals surface area contributed by atoms with Gasteiger partial charge in [-0.25, -0.2) is 8.78 Å². The van der Waals surface area contributed by atoms with E-state index >= 15 is 0 Å². The van der Waals surface area contributed by atoms with Crippen molar-refractivity contribution >= 4 is 5.91 Å². The van der Waals surface area contributed by atoms with E-state index in [9.17, 15) is 13.6 Å². The van der Waals surface area contributed by atoms with Gasteiger partial charge >= 0.3 is 0 Å². The standard InChI is InChI=1S/C16H24F2N2O3/c1-10(2)13-12(8-23-20-13)15(21)19-9-16(22-3)6-4-11(5-7-16)14(17)18/h8,10-11,14H,4-7,9H2,1-3H3,(H,19,21). The topological polar surface area (TPSA) is 64.4 Å². The highest BCUT2D eigenvalue weighted by Gasteiger charge is 2.38. The Kier molecular flexibility index (Phi) is 5.73. The Balaban J connectivity index is 1.96. The van der Waals surface area contributed by atoms with Gasteiger partial charge in [0.15, 0.2) is 0 Å². The second kappa shape index (κ2) is 7.38. The first kappa shape index (κ1) is 17.8. The van der Waals surface area contributed by atoms with Gasteiger partial charge < -0.3 is 14.6 Å². The fraction of sp³-hybridized carbons (Fsp3) is 0.750. The molecule has 7 heteroatoms. The maximum absolute atomic E-state index is 12.8. The molecule has 130 valence electrons. The van der Waals surface area contributed by atoms with Gasteiger partial charge in [0.1, 0.15) is 11.8 Å². The summed E-state index contributed by atoms with van der Waals surface area (Å²) in [5, 5.41) is 6.68. The third-order valence-electron chi connectivity index (χ3n) is 4.69. The molecule has 1 saturated carbocycles. The minimum absolute atomic E-state index is 0.0763. The first-order chi connectivity index (χ1) is 10.9. The van der Waals surface area contributed by atoms with E-state index in [4.69, 9.17) is 9.26 Å². The Morgan fingerprint density at radius 1 is 1.48 bits per heavy atom. The third kappa shape index (κ3) is 4.07. The summed E-state index contributed by atoms with van der Waals surface area (Å²) in [7, 11) is 1.56. The van der Waals surface area contributed by atoms with Crippen LogP contribution in [0.2, 0.25) is 0 Å². The zero-order valence-corrected chi connectivity index (χ0v) is 13.8. The number of carbonyl (C=O) groups excluding carboxylic acids is 1. The summed E-state index contributed by atoms with van der Waals surface area (Å²) in [4.78, 5) is 12.3. The van der Waals surface area contributed by atoms with Crippen LogP contribution in [0.25, 0.3) is 0 Å². The van der Waals surface area contributed by atoms with Crippen molar-refractivity contribution in [2.75, 3.05) is 13.7 Å². The van der Waals surface area contributed by atoms with Gasteiger partial charge in [-0.1, -0.05) is 19.0 Å². The molecule has 0 aliphatic heterocycles. The summed E-state index contributed by atoms with van der Waals surface area (Å²) >= 11 is 0. The van der Waals surface area contributed by atoms with Crippen LogP contribution in [0.4, 0.5) is 8.78 Å². The molecule has 0 unspecified atom stereocenters. The number of rotatable bonds is 6. The van der Waals surface area contributed by atoms with E-state index in [2.05, 4.69) is 10.5 Å². The molecule has 0 bridgehead atoms. The van der Waals surface area contributed by atoms with Crippen LogP contribution >= 0.6 is 0 Å². The lowest BCUT2D eigenvalue weighted by atomic mass is 9.78. The molecule has 0 radical (unpaired) electrons. The summed E-state index contributed by atoms with van der Waals surface area (Å²) in [5.41, 5.74) is 0.443. The Hall–Kier alpha value is -1.50. The number of nitrogens with zero attached hydrogens (tertiary/aromatic N) is 1. The molecule has 23 heavy (non-hydrogen) atoms. The number of hydrogen-bond donors (Lipinski definition) is 1. The highest BCUT2D eigenvalue weighted by molar-refractivity contribution is 5.95. The van der Waals surface area contributed by atoms with Gasteiger partial charge in [-0.2, -0.15) is 0 Å². The van der Waals surface area contributed by atoms with E-state index in [0.717, 1.165) is 0 Å². The quantitative estimate of drug-likeness (QED) is 0.868. The van der Waals surface area contributed by atoms with Crippen molar-refractivity contribution in [1.29, 1.82) is 0 Å². The van der Waals surface area contributed by atoms with Crippen molar-refractivity contribution in [2.24, 2.45) is 5.92 Å². The van der Waals surface area contributed by atoms with Crippen LogP contribution in [0.3, 0.4) is 0 Å². The average Bonchev–Trinajstić information content (AvgIpc) is 3.03. The SMILES string of the molecule is COC1(CNC(=O)c2conc2C(C)C)CCC(C(F)F)CC1.